The monoisotopic (exact) mass is 280 g/mol. The van der Waals surface area contributed by atoms with Crippen molar-refractivity contribution in [3.63, 3.8) is 0 Å². The molecule has 0 radical (unpaired) electrons. The van der Waals surface area contributed by atoms with Crippen LogP contribution in [0.1, 0.15) is 29.3 Å². The van der Waals surface area contributed by atoms with Gasteiger partial charge in [-0.05, 0) is 24.6 Å². The maximum atomic E-state index is 12.9. The fourth-order valence-corrected chi connectivity index (χ4v) is 1.41. The third-order valence-electron chi connectivity index (χ3n) is 1.90. The van der Waals surface area contributed by atoms with E-state index in [9.17, 15) is 18.0 Å². The van der Waals surface area contributed by atoms with Gasteiger partial charge >= 0.3 is 0 Å². The molecule has 1 rings (SSSR count). The van der Waals surface area contributed by atoms with Gasteiger partial charge in [-0.2, -0.15) is 0 Å². The Kier molecular flexibility index (Phi) is 3.90. The van der Waals surface area contributed by atoms with E-state index in [2.05, 4.69) is 15.9 Å². The zero-order valence-electron chi connectivity index (χ0n) is 7.81. The van der Waals surface area contributed by atoms with Crippen molar-refractivity contribution < 1.29 is 18.0 Å². The molecule has 0 spiro atoms. The molecular formula is C10H8BrF3O. The van der Waals surface area contributed by atoms with Crippen LogP contribution in [0.3, 0.4) is 0 Å². The summed E-state index contributed by atoms with van der Waals surface area (Å²) in [7, 11) is 0. The average Bonchev–Trinajstić information content (AvgIpc) is 2.16. The summed E-state index contributed by atoms with van der Waals surface area (Å²) >= 11 is 3.04. The zero-order chi connectivity index (χ0) is 11.6. The van der Waals surface area contributed by atoms with Crippen LogP contribution in [0.15, 0.2) is 18.2 Å². The maximum absolute atomic E-state index is 12.9. The molecule has 0 aliphatic heterocycles. The number of ketones is 1. The average molecular weight is 281 g/mol. The summed E-state index contributed by atoms with van der Waals surface area (Å²) in [4.78, 5) is 10.3. The molecule has 0 aliphatic rings. The molecule has 1 nitrogen and oxygen atoms in total. The number of rotatable bonds is 3. The highest BCUT2D eigenvalue weighted by atomic mass is 79.9. The van der Waals surface area contributed by atoms with Crippen molar-refractivity contribution in [1.82, 2.24) is 0 Å². The molecule has 0 saturated carbocycles. The lowest BCUT2D eigenvalue weighted by molar-refractivity contribution is -0.116. The first kappa shape index (κ1) is 12.2. The fourth-order valence-electron chi connectivity index (χ4n) is 1.12. The van der Waals surface area contributed by atoms with Gasteiger partial charge < -0.3 is 0 Å². The van der Waals surface area contributed by atoms with Crippen molar-refractivity contribution in [2.24, 2.45) is 0 Å². The molecule has 0 saturated heterocycles. The van der Waals surface area contributed by atoms with Gasteiger partial charge in [-0.25, -0.2) is 13.2 Å². The van der Waals surface area contributed by atoms with Crippen molar-refractivity contribution in [2.45, 2.75) is 18.2 Å². The second-order valence-corrected chi connectivity index (χ2v) is 3.97. The van der Waals surface area contributed by atoms with Gasteiger partial charge in [0.1, 0.15) is 11.6 Å². The molecule has 0 amide bonds. The normalized spacial score (nSPS) is 12.9. The molecule has 5 heteroatoms. The van der Waals surface area contributed by atoms with E-state index in [0.717, 1.165) is 12.1 Å². The summed E-state index contributed by atoms with van der Waals surface area (Å²) in [6, 6.07) is 3.25. The van der Waals surface area contributed by atoms with Crippen LogP contribution in [0.4, 0.5) is 13.2 Å². The van der Waals surface area contributed by atoms with Gasteiger partial charge in [0, 0.05) is 0 Å². The molecule has 0 heterocycles. The third-order valence-corrected chi connectivity index (χ3v) is 3.08. The number of halogens is 4. The Morgan fingerprint density at radius 1 is 1.40 bits per heavy atom. The quantitative estimate of drug-likeness (QED) is 0.770. The Morgan fingerprint density at radius 3 is 2.47 bits per heavy atom. The van der Waals surface area contributed by atoms with E-state index in [0.29, 0.717) is 5.56 Å². The largest absolute Gasteiger partial charge is 0.298 e. The number of hydrogen-bond donors (Lipinski definition) is 0. The number of benzene rings is 1. The molecule has 1 atom stereocenters. The van der Waals surface area contributed by atoms with Gasteiger partial charge in [-0.15, -0.1) is 0 Å². The minimum Gasteiger partial charge on any atom is -0.298 e. The number of Topliss-reactive ketones (excluding diaryl/α,β-unsaturated/α-hetero) is 1. The number of alkyl halides is 3. The standard InChI is InChI=1S/C10H8BrF3O/c1-5(15)9(11)6-2-3-8(12)7(4-6)10(13)14/h2-4,9-10H,1H3. The van der Waals surface area contributed by atoms with Crippen LogP contribution < -0.4 is 0 Å². The molecule has 1 aromatic rings. The second-order valence-electron chi connectivity index (χ2n) is 3.05. The number of carbonyl (C=O) groups is 1. The Balaban J connectivity index is 3.13. The Labute approximate surface area is 93.4 Å². The second kappa shape index (κ2) is 4.79. The lowest BCUT2D eigenvalue weighted by atomic mass is 10.1. The zero-order valence-corrected chi connectivity index (χ0v) is 9.39. The van der Waals surface area contributed by atoms with Gasteiger partial charge in [0.2, 0.25) is 0 Å². The summed E-state index contributed by atoms with van der Waals surface area (Å²) in [5, 5.41) is 0. The Morgan fingerprint density at radius 2 is 2.00 bits per heavy atom. The van der Waals surface area contributed by atoms with Crippen LogP contribution in [0.5, 0.6) is 0 Å². The van der Waals surface area contributed by atoms with E-state index in [1.54, 1.807) is 0 Å². The fraction of sp³-hybridized carbons (Fsp3) is 0.300. The Hall–Kier alpha value is -0.840. The summed E-state index contributed by atoms with van der Waals surface area (Å²) in [5.41, 5.74) is -0.350. The first-order valence-electron chi connectivity index (χ1n) is 4.15. The van der Waals surface area contributed by atoms with Gasteiger partial charge in [-0.3, -0.25) is 4.79 Å². The first-order valence-corrected chi connectivity index (χ1v) is 5.07. The molecule has 15 heavy (non-hydrogen) atoms. The van der Waals surface area contributed by atoms with Crippen LogP contribution in [0.2, 0.25) is 0 Å². The SMILES string of the molecule is CC(=O)C(Br)c1ccc(F)c(C(F)F)c1. The third kappa shape index (κ3) is 2.81. The molecule has 1 unspecified atom stereocenters. The Bertz CT molecular complexity index is 379. The predicted molar refractivity (Wildman–Crippen MR) is 53.7 cm³/mol. The van der Waals surface area contributed by atoms with Crippen molar-refractivity contribution >= 4 is 21.7 Å². The number of hydrogen-bond acceptors (Lipinski definition) is 1. The molecule has 0 aliphatic carbocycles. The summed E-state index contributed by atoms with van der Waals surface area (Å²) in [6.07, 6.45) is -2.88. The minimum atomic E-state index is -2.88. The van der Waals surface area contributed by atoms with Crippen LogP contribution in [0, 0.1) is 5.82 Å². The summed E-state index contributed by atoms with van der Waals surface area (Å²) in [6.45, 7) is 1.32. The predicted octanol–water partition coefficient (Wildman–Crippen LogP) is 3.79. The van der Waals surface area contributed by atoms with Gasteiger partial charge in [-0.1, -0.05) is 22.0 Å². The van der Waals surface area contributed by atoms with Crippen LogP contribution in [-0.2, 0) is 4.79 Å². The van der Waals surface area contributed by atoms with Gasteiger partial charge in [0.15, 0.2) is 0 Å². The highest BCUT2D eigenvalue weighted by Gasteiger charge is 2.18. The van der Waals surface area contributed by atoms with E-state index in [4.69, 9.17) is 0 Å². The summed E-state index contributed by atoms with van der Waals surface area (Å²) in [5.74, 6) is -1.18. The van der Waals surface area contributed by atoms with Crippen molar-refractivity contribution in [3.8, 4) is 0 Å². The molecule has 0 N–H and O–H groups in total. The highest BCUT2D eigenvalue weighted by molar-refractivity contribution is 9.09. The summed E-state index contributed by atoms with van der Waals surface area (Å²) < 4.78 is 37.6. The van der Waals surface area contributed by atoms with E-state index in [-0.39, 0.29) is 5.78 Å². The molecule has 0 aromatic heterocycles. The molecule has 0 fully saturated rings. The van der Waals surface area contributed by atoms with E-state index in [1.807, 2.05) is 0 Å². The van der Waals surface area contributed by atoms with Gasteiger partial charge in [0.25, 0.3) is 6.43 Å². The van der Waals surface area contributed by atoms with E-state index >= 15 is 0 Å². The minimum absolute atomic E-state index is 0.221. The van der Waals surface area contributed by atoms with Crippen molar-refractivity contribution in [1.29, 1.82) is 0 Å². The van der Waals surface area contributed by atoms with E-state index in [1.165, 1.54) is 13.0 Å². The smallest absolute Gasteiger partial charge is 0.266 e. The van der Waals surface area contributed by atoms with Crippen LogP contribution in [0.25, 0.3) is 0 Å². The topological polar surface area (TPSA) is 17.1 Å². The molecule has 1 aromatic carbocycles. The van der Waals surface area contributed by atoms with Gasteiger partial charge in [0.05, 0.1) is 10.4 Å². The van der Waals surface area contributed by atoms with Crippen molar-refractivity contribution in [3.05, 3.63) is 35.1 Å². The van der Waals surface area contributed by atoms with Crippen LogP contribution in [-0.4, -0.2) is 5.78 Å². The molecule has 0 bridgehead atoms. The van der Waals surface area contributed by atoms with Crippen LogP contribution >= 0.6 is 15.9 Å². The number of carbonyl (C=O) groups excluding carboxylic acids is 1. The molecule has 82 valence electrons. The van der Waals surface area contributed by atoms with E-state index < -0.39 is 22.6 Å². The lowest BCUT2D eigenvalue weighted by Gasteiger charge is -2.09. The maximum Gasteiger partial charge on any atom is 0.266 e. The van der Waals surface area contributed by atoms with Crippen molar-refractivity contribution in [2.75, 3.05) is 0 Å². The highest BCUT2D eigenvalue weighted by Crippen LogP contribution is 2.29. The molecular weight excluding hydrogens is 273 g/mol. The lowest BCUT2D eigenvalue weighted by Crippen LogP contribution is -2.03. The first-order chi connectivity index (χ1) is 6.93.